The number of carbonyl (C=O) groups is 1. The van der Waals surface area contributed by atoms with Gasteiger partial charge in [-0.2, -0.15) is 0 Å². The predicted molar refractivity (Wildman–Crippen MR) is 66.3 cm³/mol. The van der Waals surface area contributed by atoms with E-state index in [1.165, 1.54) is 23.9 Å². The first kappa shape index (κ1) is 12.0. The van der Waals surface area contributed by atoms with Crippen LogP contribution in [-0.2, 0) is 11.8 Å². The summed E-state index contributed by atoms with van der Waals surface area (Å²) in [6, 6.07) is 6.34. The number of carbonyl (C=O) groups excluding carboxylic acids is 1. The van der Waals surface area contributed by atoms with Crippen molar-refractivity contribution in [1.82, 2.24) is 9.55 Å². The molecule has 0 atom stereocenters. The van der Waals surface area contributed by atoms with E-state index in [9.17, 15) is 9.59 Å². The third-order valence-electron chi connectivity index (χ3n) is 2.56. The molecule has 0 amide bonds. The molecule has 0 fully saturated rings. The van der Waals surface area contributed by atoms with Crippen molar-refractivity contribution in [2.24, 2.45) is 7.05 Å². The van der Waals surface area contributed by atoms with Crippen molar-refractivity contribution in [3.05, 3.63) is 52.6 Å². The maximum absolute atomic E-state index is 11.4. The van der Waals surface area contributed by atoms with E-state index in [4.69, 9.17) is 0 Å². The molecule has 2 aromatic heterocycles. The van der Waals surface area contributed by atoms with E-state index < -0.39 is 5.97 Å². The topological polar surface area (TPSA) is 61.2 Å². The average Bonchev–Trinajstić information content (AvgIpc) is 2.41. The molecule has 2 heterocycles. The van der Waals surface area contributed by atoms with Gasteiger partial charge in [-0.3, -0.25) is 9.78 Å². The van der Waals surface area contributed by atoms with Crippen molar-refractivity contribution in [3.63, 3.8) is 0 Å². The Labute approximate surface area is 104 Å². The van der Waals surface area contributed by atoms with Gasteiger partial charge in [0.05, 0.1) is 18.4 Å². The quantitative estimate of drug-likeness (QED) is 0.745. The van der Waals surface area contributed by atoms with Gasteiger partial charge < -0.3 is 9.30 Å². The molecular formula is C13H12N2O3. The molecule has 0 aliphatic carbocycles. The number of nitrogens with zero attached hydrogens (tertiary/aromatic N) is 2. The molecular weight excluding hydrogens is 232 g/mol. The number of ether oxygens (including phenoxy) is 1. The second kappa shape index (κ2) is 4.83. The lowest BCUT2D eigenvalue weighted by Gasteiger charge is -2.04. The van der Waals surface area contributed by atoms with Crippen LogP contribution in [0.25, 0.3) is 11.3 Å². The van der Waals surface area contributed by atoms with Crippen LogP contribution in [0.1, 0.15) is 10.4 Å². The van der Waals surface area contributed by atoms with Gasteiger partial charge in [0.15, 0.2) is 0 Å². The smallest absolute Gasteiger partial charge is 0.337 e. The van der Waals surface area contributed by atoms with Gasteiger partial charge in [0, 0.05) is 31.1 Å². The zero-order valence-corrected chi connectivity index (χ0v) is 10.1. The van der Waals surface area contributed by atoms with E-state index in [1.54, 1.807) is 31.4 Å². The van der Waals surface area contributed by atoms with E-state index in [1.807, 2.05) is 0 Å². The van der Waals surface area contributed by atoms with Gasteiger partial charge in [0.1, 0.15) is 0 Å². The molecule has 2 rings (SSSR count). The van der Waals surface area contributed by atoms with Gasteiger partial charge in [-0.25, -0.2) is 4.79 Å². The maximum Gasteiger partial charge on any atom is 0.337 e. The average molecular weight is 244 g/mol. The van der Waals surface area contributed by atoms with E-state index >= 15 is 0 Å². The molecule has 0 unspecified atom stereocenters. The van der Waals surface area contributed by atoms with Crippen LogP contribution in [0.4, 0.5) is 0 Å². The van der Waals surface area contributed by atoms with Crippen LogP contribution in [0.5, 0.6) is 0 Å². The largest absolute Gasteiger partial charge is 0.465 e. The molecule has 0 bridgehead atoms. The summed E-state index contributed by atoms with van der Waals surface area (Å²) in [6.45, 7) is 0. The lowest BCUT2D eigenvalue weighted by molar-refractivity contribution is 0.0600. The highest BCUT2D eigenvalue weighted by Gasteiger charge is 2.08. The van der Waals surface area contributed by atoms with E-state index in [0.717, 1.165) is 5.56 Å². The van der Waals surface area contributed by atoms with Crippen molar-refractivity contribution in [2.45, 2.75) is 0 Å². The first-order valence-electron chi connectivity index (χ1n) is 5.33. The third kappa shape index (κ3) is 2.29. The molecule has 0 spiro atoms. The monoisotopic (exact) mass is 244 g/mol. The van der Waals surface area contributed by atoms with Gasteiger partial charge in [0.25, 0.3) is 0 Å². The van der Waals surface area contributed by atoms with Crippen LogP contribution in [0.2, 0.25) is 0 Å². The third-order valence-corrected chi connectivity index (χ3v) is 2.56. The van der Waals surface area contributed by atoms with E-state index in [-0.39, 0.29) is 5.56 Å². The number of esters is 1. The number of hydrogen-bond acceptors (Lipinski definition) is 4. The number of hydrogen-bond donors (Lipinski definition) is 0. The summed E-state index contributed by atoms with van der Waals surface area (Å²) in [4.78, 5) is 26.9. The molecule has 0 N–H and O–H groups in total. The Kier molecular flexibility index (Phi) is 3.23. The van der Waals surface area contributed by atoms with E-state index in [0.29, 0.717) is 11.3 Å². The first-order valence-corrected chi connectivity index (χ1v) is 5.33. The zero-order chi connectivity index (χ0) is 13.1. The minimum atomic E-state index is -0.413. The number of methoxy groups -OCH3 is 1. The summed E-state index contributed by atoms with van der Waals surface area (Å²) in [6.07, 6.45) is 3.21. The fourth-order valence-corrected chi connectivity index (χ4v) is 1.58. The normalized spacial score (nSPS) is 10.1. The molecule has 92 valence electrons. The fourth-order valence-electron chi connectivity index (χ4n) is 1.58. The summed E-state index contributed by atoms with van der Waals surface area (Å²) in [5, 5.41) is 0. The minimum Gasteiger partial charge on any atom is -0.465 e. The molecule has 0 radical (unpaired) electrons. The van der Waals surface area contributed by atoms with Crippen molar-refractivity contribution < 1.29 is 9.53 Å². The molecule has 0 saturated heterocycles. The summed E-state index contributed by atoms with van der Waals surface area (Å²) >= 11 is 0. The minimum absolute atomic E-state index is 0.0946. The Morgan fingerprint density at radius 3 is 2.78 bits per heavy atom. The second-order valence-corrected chi connectivity index (χ2v) is 3.79. The lowest BCUT2D eigenvalue weighted by Crippen LogP contribution is -2.14. The Morgan fingerprint density at radius 2 is 2.11 bits per heavy atom. The fraction of sp³-hybridized carbons (Fsp3) is 0.154. The summed E-state index contributed by atoms with van der Waals surface area (Å²) in [5.74, 6) is -0.413. The van der Waals surface area contributed by atoms with Crippen molar-refractivity contribution >= 4 is 5.97 Å². The Balaban J connectivity index is 2.47. The highest BCUT2D eigenvalue weighted by atomic mass is 16.5. The molecule has 2 aromatic rings. The number of aryl methyl sites for hydroxylation is 1. The van der Waals surface area contributed by atoms with Crippen LogP contribution >= 0.6 is 0 Å². The van der Waals surface area contributed by atoms with Crippen LogP contribution < -0.4 is 5.56 Å². The molecule has 0 aliphatic heterocycles. The van der Waals surface area contributed by atoms with Crippen LogP contribution in [0.3, 0.4) is 0 Å². The van der Waals surface area contributed by atoms with Crippen LogP contribution in [-0.4, -0.2) is 22.6 Å². The standard InChI is InChI=1S/C13H12N2O3/c1-15-8-10(3-4-12(15)16)11-7-9(5-6-14-11)13(17)18-2/h3-8H,1-2H3. The van der Waals surface area contributed by atoms with Crippen molar-refractivity contribution in [3.8, 4) is 11.3 Å². The summed E-state index contributed by atoms with van der Waals surface area (Å²) in [5.41, 5.74) is 1.72. The first-order chi connectivity index (χ1) is 8.61. The van der Waals surface area contributed by atoms with Crippen LogP contribution in [0, 0.1) is 0 Å². The Hall–Kier alpha value is -2.43. The number of rotatable bonds is 2. The molecule has 0 saturated carbocycles. The van der Waals surface area contributed by atoms with Crippen LogP contribution in [0.15, 0.2) is 41.5 Å². The lowest BCUT2D eigenvalue weighted by atomic mass is 10.1. The molecule has 5 nitrogen and oxygen atoms in total. The highest BCUT2D eigenvalue weighted by Crippen LogP contribution is 2.16. The Bertz CT molecular complexity index is 647. The molecule has 0 aliphatic rings. The summed E-state index contributed by atoms with van der Waals surface area (Å²) < 4.78 is 6.11. The number of pyridine rings is 2. The van der Waals surface area contributed by atoms with Gasteiger partial charge in [-0.05, 0) is 18.2 Å². The van der Waals surface area contributed by atoms with E-state index in [2.05, 4.69) is 9.72 Å². The second-order valence-electron chi connectivity index (χ2n) is 3.79. The SMILES string of the molecule is COC(=O)c1ccnc(-c2ccc(=O)n(C)c2)c1. The Morgan fingerprint density at radius 1 is 1.33 bits per heavy atom. The highest BCUT2D eigenvalue weighted by molar-refractivity contribution is 5.90. The van der Waals surface area contributed by atoms with Crippen molar-refractivity contribution in [2.75, 3.05) is 7.11 Å². The van der Waals surface area contributed by atoms with Gasteiger partial charge >= 0.3 is 5.97 Å². The predicted octanol–water partition coefficient (Wildman–Crippen LogP) is 1.23. The summed E-state index contributed by atoms with van der Waals surface area (Å²) in [7, 11) is 2.99. The van der Waals surface area contributed by atoms with Crippen molar-refractivity contribution in [1.29, 1.82) is 0 Å². The molecule has 5 heteroatoms. The van der Waals surface area contributed by atoms with Gasteiger partial charge in [-0.1, -0.05) is 0 Å². The molecule has 0 aromatic carbocycles. The zero-order valence-electron chi connectivity index (χ0n) is 10.1. The maximum atomic E-state index is 11.4. The molecule has 18 heavy (non-hydrogen) atoms. The van der Waals surface area contributed by atoms with Gasteiger partial charge in [-0.15, -0.1) is 0 Å². The number of aromatic nitrogens is 2. The van der Waals surface area contributed by atoms with Gasteiger partial charge in [0.2, 0.25) is 5.56 Å².